The molecule has 0 aliphatic heterocycles. The maximum atomic E-state index is 5.66. The third kappa shape index (κ3) is 3.12. The molecule has 0 aromatic carbocycles. The van der Waals surface area contributed by atoms with E-state index >= 15 is 0 Å². The van der Waals surface area contributed by atoms with Gasteiger partial charge < -0.3 is 4.74 Å². The fourth-order valence-electron chi connectivity index (χ4n) is 1.91. The number of aromatic nitrogens is 2. The van der Waals surface area contributed by atoms with Crippen molar-refractivity contribution in [3.8, 4) is 0 Å². The van der Waals surface area contributed by atoms with Crippen LogP contribution in [0.3, 0.4) is 0 Å². The topological polar surface area (TPSA) is 65.1 Å². The molecule has 0 aliphatic carbocycles. The van der Waals surface area contributed by atoms with Crippen LogP contribution in [-0.2, 0) is 17.7 Å². The second-order valence-corrected chi connectivity index (χ2v) is 5.69. The number of ether oxygens (including phenoxy) is 1. The molecule has 0 radical (unpaired) electrons. The third-order valence-corrected chi connectivity index (χ3v) is 4.45. The predicted molar refractivity (Wildman–Crippen MR) is 76.2 cm³/mol. The second kappa shape index (κ2) is 6.14. The molecular weight excluding hydrogens is 296 g/mol. The quantitative estimate of drug-likeness (QED) is 0.620. The van der Waals surface area contributed by atoms with Crippen molar-refractivity contribution in [2.45, 2.75) is 52.3 Å². The Morgan fingerprint density at radius 1 is 1.56 bits per heavy atom. The van der Waals surface area contributed by atoms with Crippen molar-refractivity contribution in [2.75, 3.05) is 7.11 Å². The molecule has 0 saturated carbocycles. The molecule has 1 atom stereocenters. The summed E-state index contributed by atoms with van der Waals surface area (Å²) in [6.45, 7) is 8.95. The molecule has 1 heterocycles. The SMILES string of the molecule is CCn1nc(C)c(Br)c1CC(NN)C(C)(C)OC. The van der Waals surface area contributed by atoms with E-state index in [0.29, 0.717) is 0 Å². The molecule has 1 aromatic rings. The van der Waals surface area contributed by atoms with E-state index in [1.165, 1.54) is 0 Å². The van der Waals surface area contributed by atoms with Crippen molar-refractivity contribution < 1.29 is 4.74 Å². The van der Waals surface area contributed by atoms with Crippen LogP contribution in [0.25, 0.3) is 0 Å². The van der Waals surface area contributed by atoms with Gasteiger partial charge in [-0.3, -0.25) is 16.0 Å². The van der Waals surface area contributed by atoms with Crippen LogP contribution in [0.4, 0.5) is 0 Å². The number of nitrogens with zero attached hydrogens (tertiary/aromatic N) is 2. The predicted octanol–water partition coefficient (Wildman–Crippen LogP) is 1.77. The largest absolute Gasteiger partial charge is 0.377 e. The Labute approximate surface area is 117 Å². The van der Waals surface area contributed by atoms with Gasteiger partial charge in [-0.25, -0.2) is 0 Å². The van der Waals surface area contributed by atoms with E-state index < -0.39 is 0 Å². The fraction of sp³-hybridized carbons (Fsp3) is 0.750. The van der Waals surface area contributed by atoms with E-state index in [9.17, 15) is 0 Å². The number of methoxy groups -OCH3 is 1. The number of rotatable bonds is 6. The summed E-state index contributed by atoms with van der Waals surface area (Å²) < 4.78 is 8.54. The van der Waals surface area contributed by atoms with E-state index in [1.807, 2.05) is 25.5 Å². The Morgan fingerprint density at radius 2 is 2.17 bits per heavy atom. The zero-order valence-electron chi connectivity index (χ0n) is 11.7. The zero-order chi connectivity index (χ0) is 13.9. The van der Waals surface area contributed by atoms with E-state index in [0.717, 1.165) is 28.8 Å². The first-order valence-electron chi connectivity index (χ1n) is 6.10. The Balaban J connectivity index is 3.02. The first kappa shape index (κ1) is 15.6. The van der Waals surface area contributed by atoms with Crippen molar-refractivity contribution in [3.63, 3.8) is 0 Å². The average molecular weight is 319 g/mol. The lowest BCUT2D eigenvalue weighted by atomic mass is 9.94. The molecule has 18 heavy (non-hydrogen) atoms. The van der Waals surface area contributed by atoms with Crippen molar-refractivity contribution in [3.05, 3.63) is 15.9 Å². The first-order chi connectivity index (χ1) is 8.37. The number of halogens is 1. The van der Waals surface area contributed by atoms with Gasteiger partial charge in [0.1, 0.15) is 0 Å². The van der Waals surface area contributed by atoms with Crippen LogP contribution in [0.1, 0.15) is 32.2 Å². The summed E-state index contributed by atoms with van der Waals surface area (Å²) in [7, 11) is 1.70. The molecule has 5 nitrogen and oxygen atoms in total. The molecule has 0 aliphatic rings. The number of hydrazine groups is 1. The smallest absolute Gasteiger partial charge is 0.0792 e. The van der Waals surface area contributed by atoms with Gasteiger partial charge in [-0.1, -0.05) is 0 Å². The molecule has 6 heteroatoms. The van der Waals surface area contributed by atoms with Crippen LogP contribution in [0, 0.1) is 6.92 Å². The van der Waals surface area contributed by atoms with E-state index in [1.54, 1.807) is 7.11 Å². The Bertz CT molecular complexity index is 403. The van der Waals surface area contributed by atoms with Crippen LogP contribution >= 0.6 is 15.9 Å². The summed E-state index contributed by atoms with van der Waals surface area (Å²) in [6, 6.07) is 0.0141. The highest BCUT2D eigenvalue weighted by Crippen LogP contribution is 2.25. The summed E-state index contributed by atoms with van der Waals surface area (Å²) in [6.07, 6.45) is 0.757. The molecule has 104 valence electrons. The molecular formula is C12H23BrN4O. The van der Waals surface area contributed by atoms with Crippen LogP contribution < -0.4 is 11.3 Å². The minimum atomic E-state index is -0.342. The summed E-state index contributed by atoms with van der Waals surface area (Å²) in [5.41, 5.74) is 4.64. The van der Waals surface area contributed by atoms with Gasteiger partial charge in [-0.05, 0) is 43.6 Å². The highest BCUT2D eigenvalue weighted by Gasteiger charge is 2.30. The van der Waals surface area contributed by atoms with E-state index in [4.69, 9.17) is 10.6 Å². The average Bonchev–Trinajstić information content (AvgIpc) is 2.62. The highest BCUT2D eigenvalue weighted by molar-refractivity contribution is 9.10. The van der Waals surface area contributed by atoms with Gasteiger partial charge in [-0.2, -0.15) is 5.10 Å². The Kier molecular flexibility index (Phi) is 5.33. The van der Waals surface area contributed by atoms with Crippen LogP contribution in [-0.4, -0.2) is 28.5 Å². The Morgan fingerprint density at radius 3 is 2.61 bits per heavy atom. The number of aryl methyl sites for hydroxylation is 2. The van der Waals surface area contributed by atoms with Crippen molar-refractivity contribution in [1.82, 2.24) is 15.2 Å². The lowest BCUT2D eigenvalue weighted by Crippen LogP contribution is -2.52. The van der Waals surface area contributed by atoms with Crippen molar-refractivity contribution >= 4 is 15.9 Å². The van der Waals surface area contributed by atoms with E-state index in [2.05, 4.69) is 33.4 Å². The zero-order valence-corrected chi connectivity index (χ0v) is 13.3. The summed E-state index contributed by atoms with van der Waals surface area (Å²) >= 11 is 3.60. The number of nitrogens with two attached hydrogens (primary N) is 1. The molecule has 1 unspecified atom stereocenters. The molecule has 0 fully saturated rings. The van der Waals surface area contributed by atoms with Crippen molar-refractivity contribution in [1.29, 1.82) is 0 Å². The molecule has 3 N–H and O–H groups in total. The van der Waals surface area contributed by atoms with Gasteiger partial charge in [-0.15, -0.1) is 0 Å². The van der Waals surface area contributed by atoms with Gasteiger partial charge >= 0.3 is 0 Å². The molecule has 0 saturated heterocycles. The van der Waals surface area contributed by atoms with Crippen LogP contribution in [0.15, 0.2) is 4.47 Å². The standard InChI is InChI=1S/C12H23BrN4O/c1-6-17-9(11(13)8(2)16-17)7-10(15-14)12(3,4)18-5/h10,15H,6-7,14H2,1-5H3. The molecule has 1 aromatic heterocycles. The summed E-state index contributed by atoms with van der Waals surface area (Å²) in [5.74, 6) is 5.66. The summed E-state index contributed by atoms with van der Waals surface area (Å²) in [4.78, 5) is 0. The molecule has 1 rings (SSSR count). The van der Waals surface area contributed by atoms with Gasteiger partial charge in [0.25, 0.3) is 0 Å². The van der Waals surface area contributed by atoms with Crippen LogP contribution in [0.5, 0.6) is 0 Å². The Hall–Kier alpha value is -0.430. The van der Waals surface area contributed by atoms with E-state index in [-0.39, 0.29) is 11.6 Å². The fourth-order valence-corrected chi connectivity index (χ4v) is 2.35. The molecule has 0 amide bonds. The van der Waals surface area contributed by atoms with Crippen molar-refractivity contribution in [2.24, 2.45) is 5.84 Å². The molecule has 0 bridgehead atoms. The van der Waals surface area contributed by atoms with Gasteiger partial charge in [0, 0.05) is 20.1 Å². The van der Waals surface area contributed by atoms with Gasteiger partial charge in [0.15, 0.2) is 0 Å². The number of hydrogen-bond acceptors (Lipinski definition) is 4. The normalized spacial score (nSPS) is 13.9. The highest BCUT2D eigenvalue weighted by atomic mass is 79.9. The van der Waals surface area contributed by atoms with Gasteiger partial charge in [0.2, 0.25) is 0 Å². The summed E-state index contributed by atoms with van der Waals surface area (Å²) in [5, 5.41) is 4.48. The van der Waals surface area contributed by atoms with Crippen LogP contribution in [0.2, 0.25) is 0 Å². The maximum Gasteiger partial charge on any atom is 0.0792 e. The minimum absolute atomic E-state index is 0.0141. The lowest BCUT2D eigenvalue weighted by molar-refractivity contribution is -0.0106. The second-order valence-electron chi connectivity index (χ2n) is 4.89. The third-order valence-electron chi connectivity index (χ3n) is 3.42. The maximum absolute atomic E-state index is 5.66. The number of hydrogen-bond donors (Lipinski definition) is 2. The number of nitrogens with one attached hydrogen (secondary N) is 1. The first-order valence-corrected chi connectivity index (χ1v) is 6.89. The van der Waals surface area contributed by atoms with Gasteiger partial charge in [0.05, 0.1) is 27.5 Å². The molecule has 0 spiro atoms. The lowest BCUT2D eigenvalue weighted by Gasteiger charge is -2.32. The minimum Gasteiger partial charge on any atom is -0.377 e. The monoisotopic (exact) mass is 318 g/mol.